The standard InChI is InChI=1S/C13H17NO3/c1-17-10-6-4-9(5-7-10)12-11(13(15)16)3-2-8-14-12/h4-7,11-12,14H,2-3,8H2,1H3,(H,15,16)/t11-,12+/m0/s1. The fourth-order valence-corrected chi connectivity index (χ4v) is 2.32. The minimum atomic E-state index is -0.724. The average molecular weight is 235 g/mol. The molecule has 1 heterocycles. The summed E-state index contributed by atoms with van der Waals surface area (Å²) in [5.41, 5.74) is 1.01. The highest BCUT2D eigenvalue weighted by Gasteiger charge is 2.31. The zero-order valence-electron chi connectivity index (χ0n) is 9.85. The molecule has 0 spiro atoms. The van der Waals surface area contributed by atoms with Crippen LogP contribution in [0.4, 0.5) is 0 Å². The molecule has 17 heavy (non-hydrogen) atoms. The first-order valence-corrected chi connectivity index (χ1v) is 5.82. The molecule has 2 atom stereocenters. The SMILES string of the molecule is COc1ccc([C@H]2NCCC[C@@H]2C(=O)O)cc1. The van der Waals surface area contributed by atoms with Gasteiger partial charge in [0.1, 0.15) is 5.75 Å². The van der Waals surface area contributed by atoms with E-state index in [0.717, 1.165) is 30.7 Å². The summed E-state index contributed by atoms with van der Waals surface area (Å²) in [4.78, 5) is 11.2. The van der Waals surface area contributed by atoms with Crippen LogP contribution < -0.4 is 10.1 Å². The Bertz CT molecular complexity index is 388. The van der Waals surface area contributed by atoms with Gasteiger partial charge in [-0.2, -0.15) is 0 Å². The van der Waals surface area contributed by atoms with Gasteiger partial charge < -0.3 is 15.2 Å². The van der Waals surface area contributed by atoms with Gasteiger partial charge in [0.05, 0.1) is 13.0 Å². The zero-order chi connectivity index (χ0) is 12.3. The maximum atomic E-state index is 11.2. The van der Waals surface area contributed by atoms with Crippen molar-refractivity contribution in [1.29, 1.82) is 0 Å². The van der Waals surface area contributed by atoms with E-state index in [1.54, 1.807) is 7.11 Å². The Morgan fingerprint density at radius 2 is 2.12 bits per heavy atom. The normalized spacial score (nSPS) is 24.3. The van der Waals surface area contributed by atoms with Crippen molar-refractivity contribution in [3.05, 3.63) is 29.8 Å². The second kappa shape index (κ2) is 5.19. The van der Waals surface area contributed by atoms with Gasteiger partial charge in [0.15, 0.2) is 0 Å². The number of hydrogen-bond acceptors (Lipinski definition) is 3. The van der Waals surface area contributed by atoms with Gasteiger partial charge in [0, 0.05) is 6.04 Å². The Balaban J connectivity index is 2.20. The van der Waals surface area contributed by atoms with Crippen molar-refractivity contribution in [1.82, 2.24) is 5.32 Å². The minimum Gasteiger partial charge on any atom is -0.497 e. The van der Waals surface area contributed by atoms with Gasteiger partial charge in [-0.1, -0.05) is 12.1 Å². The van der Waals surface area contributed by atoms with E-state index in [2.05, 4.69) is 5.32 Å². The summed E-state index contributed by atoms with van der Waals surface area (Å²) in [7, 11) is 1.62. The molecule has 0 unspecified atom stereocenters. The molecule has 1 aliphatic heterocycles. The fourth-order valence-electron chi connectivity index (χ4n) is 2.32. The Labute approximate surface area is 101 Å². The first kappa shape index (κ1) is 11.9. The van der Waals surface area contributed by atoms with Crippen LogP contribution in [0.3, 0.4) is 0 Å². The number of carboxylic acids is 1. The number of hydrogen-bond donors (Lipinski definition) is 2. The highest BCUT2D eigenvalue weighted by molar-refractivity contribution is 5.71. The van der Waals surface area contributed by atoms with Crippen molar-refractivity contribution in [2.24, 2.45) is 5.92 Å². The van der Waals surface area contributed by atoms with E-state index in [9.17, 15) is 9.90 Å². The molecule has 1 aromatic carbocycles. The van der Waals surface area contributed by atoms with Gasteiger partial charge in [-0.15, -0.1) is 0 Å². The molecule has 0 bridgehead atoms. The molecule has 0 saturated carbocycles. The number of nitrogens with one attached hydrogen (secondary N) is 1. The number of benzene rings is 1. The highest BCUT2D eigenvalue weighted by atomic mass is 16.5. The monoisotopic (exact) mass is 235 g/mol. The predicted octanol–water partition coefficient (Wildman–Crippen LogP) is 1.82. The van der Waals surface area contributed by atoms with Crippen LogP contribution in [0.2, 0.25) is 0 Å². The van der Waals surface area contributed by atoms with E-state index >= 15 is 0 Å². The van der Waals surface area contributed by atoms with Crippen molar-refractivity contribution in [3.8, 4) is 5.75 Å². The summed E-state index contributed by atoms with van der Waals surface area (Å²) in [6.45, 7) is 0.875. The van der Waals surface area contributed by atoms with Crippen molar-refractivity contribution >= 4 is 5.97 Å². The second-order valence-electron chi connectivity index (χ2n) is 4.29. The van der Waals surface area contributed by atoms with Crippen LogP contribution in [0.15, 0.2) is 24.3 Å². The summed E-state index contributed by atoms with van der Waals surface area (Å²) >= 11 is 0. The highest BCUT2D eigenvalue weighted by Crippen LogP contribution is 2.30. The maximum Gasteiger partial charge on any atom is 0.308 e. The summed E-state index contributed by atoms with van der Waals surface area (Å²) < 4.78 is 5.09. The molecule has 1 saturated heterocycles. The molecule has 1 aliphatic rings. The topological polar surface area (TPSA) is 58.6 Å². The van der Waals surface area contributed by atoms with Crippen LogP contribution in [0.5, 0.6) is 5.75 Å². The summed E-state index contributed by atoms with van der Waals surface area (Å²) in [5.74, 6) is -0.272. The number of carboxylic acid groups (broad SMARTS) is 1. The molecule has 0 amide bonds. The molecule has 4 heteroatoms. The maximum absolute atomic E-state index is 11.2. The lowest BCUT2D eigenvalue weighted by atomic mass is 9.86. The molecule has 92 valence electrons. The number of methoxy groups -OCH3 is 1. The molecule has 0 aromatic heterocycles. The first-order valence-electron chi connectivity index (χ1n) is 5.82. The summed E-state index contributed by atoms with van der Waals surface area (Å²) in [6, 6.07) is 7.50. The van der Waals surface area contributed by atoms with Crippen LogP contribution in [0.25, 0.3) is 0 Å². The minimum absolute atomic E-state index is 0.0906. The number of ether oxygens (including phenoxy) is 1. The largest absolute Gasteiger partial charge is 0.497 e. The molecule has 1 aromatic rings. The molecule has 2 N–H and O–H groups in total. The summed E-state index contributed by atoms with van der Waals surface area (Å²) in [5, 5.41) is 12.5. The third-order valence-corrected chi connectivity index (χ3v) is 3.25. The molecule has 1 fully saturated rings. The number of rotatable bonds is 3. The van der Waals surface area contributed by atoms with Gasteiger partial charge in [-0.05, 0) is 37.1 Å². The van der Waals surface area contributed by atoms with E-state index in [-0.39, 0.29) is 12.0 Å². The van der Waals surface area contributed by atoms with Gasteiger partial charge in [-0.3, -0.25) is 4.79 Å². The molecular formula is C13H17NO3. The van der Waals surface area contributed by atoms with Crippen LogP contribution in [0.1, 0.15) is 24.4 Å². The molecule has 0 radical (unpaired) electrons. The Morgan fingerprint density at radius 3 is 2.71 bits per heavy atom. The van der Waals surface area contributed by atoms with E-state index < -0.39 is 5.97 Å². The van der Waals surface area contributed by atoms with E-state index in [4.69, 9.17) is 4.74 Å². The van der Waals surface area contributed by atoms with Crippen molar-refractivity contribution in [3.63, 3.8) is 0 Å². The third kappa shape index (κ3) is 2.58. The van der Waals surface area contributed by atoms with Crippen molar-refractivity contribution in [2.45, 2.75) is 18.9 Å². The van der Waals surface area contributed by atoms with Gasteiger partial charge in [0.25, 0.3) is 0 Å². The Morgan fingerprint density at radius 1 is 1.41 bits per heavy atom. The third-order valence-electron chi connectivity index (χ3n) is 3.25. The lowest BCUT2D eigenvalue weighted by Crippen LogP contribution is -2.38. The summed E-state index contributed by atoms with van der Waals surface area (Å²) in [6.07, 6.45) is 1.66. The number of piperidine rings is 1. The van der Waals surface area contributed by atoms with Crippen molar-refractivity contribution < 1.29 is 14.6 Å². The van der Waals surface area contributed by atoms with Crippen LogP contribution in [-0.4, -0.2) is 24.7 Å². The number of aliphatic carboxylic acids is 1. The average Bonchev–Trinajstić information content (AvgIpc) is 2.39. The molecule has 4 nitrogen and oxygen atoms in total. The van der Waals surface area contributed by atoms with E-state index in [0.29, 0.717) is 0 Å². The molecular weight excluding hydrogens is 218 g/mol. The quantitative estimate of drug-likeness (QED) is 0.839. The Kier molecular flexibility index (Phi) is 3.64. The number of carbonyl (C=O) groups is 1. The lowest BCUT2D eigenvalue weighted by molar-refractivity contribution is -0.143. The Hall–Kier alpha value is -1.55. The fraction of sp³-hybridized carbons (Fsp3) is 0.462. The first-order chi connectivity index (χ1) is 8.22. The van der Waals surface area contributed by atoms with Crippen molar-refractivity contribution in [2.75, 3.05) is 13.7 Å². The predicted molar refractivity (Wildman–Crippen MR) is 64.1 cm³/mol. The van der Waals surface area contributed by atoms with E-state index in [1.807, 2.05) is 24.3 Å². The lowest BCUT2D eigenvalue weighted by Gasteiger charge is -2.30. The molecule has 2 rings (SSSR count). The van der Waals surface area contributed by atoms with Crippen LogP contribution >= 0.6 is 0 Å². The van der Waals surface area contributed by atoms with E-state index in [1.165, 1.54) is 0 Å². The van der Waals surface area contributed by atoms with Gasteiger partial charge in [0.2, 0.25) is 0 Å². The van der Waals surface area contributed by atoms with Gasteiger partial charge >= 0.3 is 5.97 Å². The second-order valence-corrected chi connectivity index (χ2v) is 4.29. The van der Waals surface area contributed by atoms with Crippen LogP contribution in [-0.2, 0) is 4.79 Å². The van der Waals surface area contributed by atoms with Crippen LogP contribution in [0, 0.1) is 5.92 Å². The van der Waals surface area contributed by atoms with Gasteiger partial charge in [-0.25, -0.2) is 0 Å². The molecule has 0 aliphatic carbocycles. The zero-order valence-corrected chi connectivity index (χ0v) is 9.85. The smallest absolute Gasteiger partial charge is 0.308 e.